The Bertz CT molecular complexity index is 861. The van der Waals surface area contributed by atoms with Gasteiger partial charge in [0, 0.05) is 39.0 Å². The highest BCUT2D eigenvalue weighted by atomic mass is 16.5. The number of hydrogen-bond acceptors (Lipinski definition) is 6. The van der Waals surface area contributed by atoms with Crippen LogP contribution >= 0.6 is 0 Å². The third kappa shape index (κ3) is 53.0. The summed E-state index contributed by atoms with van der Waals surface area (Å²) in [6, 6.07) is 0.586. The van der Waals surface area contributed by atoms with Crippen molar-refractivity contribution in [3.05, 3.63) is 0 Å². The van der Waals surface area contributed by atoms with Gasteiger partial charge in [-0.3, -0.25) is 4.79 Å². The van der Waals surface area contributed by atoms with Gasteiger partial charge in [0.25, 0.3) is 0 Å². The lowest BCUT2D eigenvalue weighted by molar-refractivity contribution is -0.145. The molecule has 0 spiro atoms. The molecule has 0 bridgehead atoms. The number of Topliss-reactive ketones (excluding diaryl/α,β-unsaturated/α-hetero) is 1. The fourth-order valence-corrected chi connectivity index (χ4v) is 8.12. The summed E-state index contributed by atoms with van der Waals surface area (Å²) in [6.07, 6.45) is 44.4. The molecule has 0 aliphatic heterocycles. The maximum absolute atomic E-state index is 12.0. The number of esters is 1. The maximum atomic E-state index is 12.0. The first-order valence-electron chi connectivity index (χ1n) is 27.0. The van der Waals surface area contributed by atoms with Crippen LogP contribution in [0.25, 0.3) is 0 Å². The van der Waals surface area contributed by atoms with Gasteiger partial charge < -0.3 is 24.4 Å². The highest BCUT2D eigenvalue weighted by Gasteiger charge is 2.11. The highest BCUT2D eigenvalue weighted by molar-refractivity contribution is 5.75. The number of methoxy groups -OCH3 is 1. The molecule has 0 amide bonds. The zero-order chi connectivity index (χ0) is 45.9. The van der Waals surface area contributed by atoms with Gasteiger partial charge in [-0.25, -0.2) is 0 Å². The van der Waals surface area contributed by atoms with Crippen LogP contribution < -0.4 is 5.32 Å². The first-order valence-corrected chi connectivity index (χ1v) is 27.0. The highest BCUT2D eigenvalue weighted by Crippen LogP contribution is 2.19. The van der Waals surface area contributed by atoms with Crippen molar-refractivity contribution >= 4 is 18.0 Å². The van der Waals surface area contributed by atoms with Crippen LogP contribution in [0, 0.1) is 17.8 Å². The second kappa shape index (κ2) is 54.9. The number of ether oxygens (including phenoxy) is 2. The third-order valence-corrected chi connectivity index (χ3v) is 12.7. The molecule has 0 saturated carbocycles. The van der Waals surface area contributed by atoms with E-state index in [9.17, 15) is 14.4 Å². The Hall–Kier alpha value is -1.27. The Morgan fingerprint density at radius 1 is 0.475 bits per heavy atom. The number of rotatable bonds is 45. The van der Waals surface area contributed by atoms with Gasteiger partial charge in [0.2, 0.25) is 0 Å². The third-order valence-electron chi connectivity index (χ3n) is 12.7. The monoisotopic (exact) mass is 866 g/mol. The number of ketones is 1. The molecule has 366 valence electrons. The molecule has 1 N–H and O–H groups in total. The van der Waals surface area contributed by atoms with Gasteiger partial charge >= 0.3 is 5.97 Å². The van der Waals surface area contributed by atoms with Crippen LogP contribution in [-0.2, 0) is 23.9 Å². The van der Waals surface area contributed by atoms with Crippen molar-refractivity contribution in [1.29, 1.82) is 0 Å². The standard InChI is InChI=1S/C33H63NO4.C13H28O.C9H20/c1-4-6-23-31(5-2)29-38-33(37)26-19-14-10-9-13-18-25-32(34-27-20-15-21-28-35)24-17-12-8-7-11-16-22-30(3)36;1-4-6-8-9-11-13(12-14-3)10-7-5-2;1-4-7-8-9(5-2)6-3/h28,31-32,34H,4-27,29H2,1-3H3;13H,4-12H2,1-3H3;9H,4-8H2,1-3H3. The molecular weight excluding hydrogens is 755 g/mol. The Kier molecular flexibility index (Phi) is 57.6. The summed E-state index contributed by atoms with van der Waals surface area (Å²) >= 11 is 0. The molecule has 0 saturated heterocycles. The first-order chi connectivity index (χ1) is 29.7. The molecular formula is C55H111NO5. The van der Waals surface area contributed by atoms with Crippen LogP contribution in [0.1, 0.15) is 287 Å². The van der Waals surface area contributed by atoms with Crippen molar-refractivity contribution in [2.75, 3.05) is 26.9 Å². The van der Waals surface area contributed by atoms with E-state index in [1.807, 2.05) is 7.11 Å². The van der Waals surface area contributed by atoms with Crippen molar-refractivity contribution < 1.29 is 23.9 Å². The summed E-state index contributed by atoms with van der Waals surface area (Å²) in [5, 5.41) is 3.76. The molecule has 3 atom stereocenters. The van der Waals surface area contributed by atoms with E-state index in [1.54, 1.807) is 6.92 Å². The SMILES string of the molecule is CCCCC(CC)CC.CCCCC(CC)COC(=O)CCCCCCCCC(CCCCCCCCC(C)=O)NCCCCC=O.CCCCCCC(CCCC)COC. The second-order valence-electron chi connectivity index (χ2n) is 18.6. The summed E-state index contributed by atoms with van der Waals surface area (Å²) in [7, 11) is 1.82. The van der Waals surface area contributed by atoms with Crippen LogP contribution in [0.3, 0.4) is 0 Å². The van der Waals surface area contributed by atoms with Crippen molar-refractivity contribution in [3.8, 4) is 0 Å². The van der Waals surface area contributed by atoms with E-state index in [-0.39, 0.29) is 5.97 Å². The van der Waals surface area contributed by atoms with Crippen molar-refractivity contribution in [1.82, 2.24) is 5.32 Å². The molecule has 6 heteroatoms. The number of unbranched alkanes of at least 4 members (excludes halogenated alkanes) is 18. The number of aldehydes is 1. The molecule has 0 heterocycles. The summed E-state index contributed by atoms with van der Waals surface area (Å²) in [6.45, 7) is 20.0. The van der Waals surface area contributed by atoms with Crippen LogP contribution in [-0.4, -0.2) is 50.9 Å². The lowest BCUT2D eigenvalue weighted by Crippen LogP contribution is -2.30. The molecule has 0 aromatic rings. The normalized spacial score (nSPS) is 12.6. The van der Waals surface area contributed by atoms with E-state index in [2.05, 4.69) is 53.8 Å². The van der Waals surface area contributed by atoms with Crippen molar-refractivity contribution in [2.24, 2.45) is 17.8 Å². The van der Waals surface area contributed by atoms with Gasteiger partial charge in [0.05, 0.1) is 6.61 Å². The van der Waals surface area contributed by atoms with E-state index in [0.29, 0.717) is 37.2 Å². The van der Waals surface area contributed by atoms with Gasteiger partial charge in [-0.1, -0.05) is 203 Å². The number of carbonyl (C=O) groups excluding carboxylic acids is 3. The molecule has 0 aromatic carbocycles. The molecule has 0 aromatic heterocycles. The number of hydrogen-bond donors (Lipinski definition) is 1. The van der Waals surface area contributed by atoms with E-state index in [0.717, 1.165) is 76.2 Å². The number of nitrogens with one attached hydrogen (secondary N) is 1. The van der Waals surface area contributed by atoms with E-state index < -0.39 is 0 Å². The summed E-state index contributed by atoms with van der Waals surface area (Å²) in [5.74, 6) is 2.64. The fraction of sp³-hybridized carbons (Fsp3) is 0.945. The Morgan fingerprint density at radius 2 is 0.918 bits per heavy atom. The minimum atomic E-state index is -0.0157. The minimum Gasteiger partial charge on any atom is -0.465 e. The smallest absolute Gasteiger partial charge is 0.305 e. The zero-order valence-corrected chi connectivity index (χ0v) is 43.0. The molecule has 0 radical (unpaired) electrons. The van der Waals surface area contributed by atoms with Crippen LogP contribution in [0.4, 0.5) is 0 Å². The summed E-state index contributed by atoms with van der Waals surface area (Å²) < 4.78 is 10.8. The second-order valence-corrected chi connectivity index (χ2v) is 18.6. The Labute approximate surface area is 383 Å². The van der Waals surface area contributed by atoms with Gasteiger partial charge in [0.15, 0.2) is 0 Å². The zero-order valence-electron chi connectivity index (χ0n) is 43.0. The summed E-state index contributed by atoms with van der Waals surface area (Å²) in [4.78, 5) is 33.6. The molecule has 0 fully saturated rings. The predicted octanol–water partition coefficient (Wildman–Crippen LogP) is 16.9. The average molecular weight is 866 g/mol. The van der Waals surface area contributed by atoms with Crippen molar-refractivity contribution in [2.45, 2.75) is 293 Å². The predicted molar refractivity (Wildman–Crippen MR) is 268 cm³/mol. The Morgan fingerprint density at radius 3 is 1.41 bits per heavy atom. The lowest BCUT2D eigenvalue weighted by Gasteiger charge is -2.19. The molecule has 0 rings (SSSR count). The molecule has 0 aliphatic carbocycles. The average Bonchev–Trinajstić information content (AvgIpc) is 3.26. The molecule has 3 unspecified atom stereocenters. The van der Waals surface area contributed by atoms with Crippen LogP contribution in [0.2, 0.25) is 0 Å². The first kappa shape index (κ1) is 64.0. The van der Waals surface area contributed by atoms with E-state index >= 15 is 0 Å². The topological polar surface area (TPSA) is 81.7 Å². The summed E-state index contributed by atoms with van der Waals surface area (Å²) in [5.41, 5.74) is 0. The molecule has 6 nitrogen and oxygen atoms in total. The quantitative estimate of drug-likeness (QED) is 0.0373. The van der Waals surface area contributed by atoms with Gasteiger partial charge in [-0.05, 0) is 89.0 Å². The molecule has 0 aliphatic rings. The van der Waals surface area contributed by atoms with E-state index in [1.165, 1.54) is 173 Å². The van der Waals surface area contributed by atoms with E-state index in [4.69, 9.17) is 9.47 Å². The van der Waals surface area contributed by atoms with Crippen LogP contribution in [0.15, 0.2) is 0 Å². The van der Waals surface area contributed by atoms with Gasteiger partial charge in [-0.15, -0.1) is 0 Å². The Balaban J connectivity index is -0.00000118. The van der Waals surface area contributed by atoms with Gasteiger partial charge in [0.1, 0.15) is 12.1 Å². The molecule has 61 heavy (non-hydrogen) atoms. The van der Waals surface area contributed by atoms with Gasteiger partial charge in [-0.2, -0.15) is 0 Å². The number of carbonyl (C=O) groups is 3. The minimum absolute atomic E-state index is 0.0157. The maximum Gasteiger partial charge on any atom is 0.305 e. The fourth-order valence-electron chi connectivity index (χ4n) is 8.12. The largest absolute Gasteiger partial charge is 0.465 e. The van der Waals surface area contributed by atoms with Crippen LogP contribution in [0.5, 0.6) is 0 Å². The van der Waals surface area contributed by atoms with Crippen molar-refractivity contribution in [3.63, 3.8) is 0 Å². The lowest BCUT2D eigenvalue weighted by atomic mass is 9.96.